The molecule has 2 atom stereocenters. The molecule has 1 fully saturated rings. The van der Waals surface area contributed by atoms with Crippen LogP contribution in [0.5, 0.6) is 0 Å². The number of aryl methyl sites for hydroxylation is 1. The number of hydrogen-bond acceptors (Lipinski definition) is 1. The average Bonchev–Trinajstić information content (AvgIpc) is 3.08. The highest BCUT2D eigenvalue weighted by Crippen LogP contribution is 2.49. The van der Waals surface area contributed by atoms with Crippen molar-refractivity contribution in [2.24, 2.45) is 5.92 Å². The number of aliphatic carboxylic acids is 1. The fourth-order valence-electron chi connectivity index (χ4n) is 2.97. The molecule has 1 saturated carbocycles. The van der Waals surface area contributed by atoms with Crippen molar-refractivity contribution in [3.8, 4) is 0 Å². The minimum atomic E-state index is -0.626. The van der Waals surface area contributed by atoms with E-state index in [1.165, 1.54) is 36.0 Å². The van der Waals surface area contributed by atoms with Gasteiger partial charge in [0.25, 0.3) is 0 Å². The second-order valence-corrected chi connectivity index (χ2v) is 4.98. The fourth-order valence-corrected chi connectivity index (χ4v) is 2.97. The van der Waals surface area contributed by atoms with Crippen LogP contribution in [0.4, 0.5) is 0 Å². The van der Waals surface area contributed by atoms with Gasteiger partial charge in [-0.05, 0) is 54.7 Å². The molecular weight excluding hydrogens is 200 g/mol. The van der Waals surface area contributed by atoms with Gasteiger partial charge in [0.1, 0.15) is 0 Å². The predicted molar refractivity (Wildman–Crippen MR) is 61.6 cm³/mol. The second-order valence-electron chi connectivity index (χ2n) is 4.98. The van der Waals surface area contributed by atoms with Gasteiger partial charge in [-0.15, -0.1) is 0 Å². The zero-order valence-electron chi connectivity index (χ0n) is 9.28. The molecular formula is C14H16O2. The highest BCUT2D eigenvalue weighted by atomic mass is 16.4. The summed E-state index contributed by atoms with van der Waals surface area (Å²) < 4.78 is 0. The number of benzene rings is 1. The molecule has 0 aliphatic heterocycles. The molecule has 2 nitrogen and oxygen atoms in total. The van der Waals surface area contributed by atoms with E-state index in [0.717, 1.165) is 12.8 Å². The van der Waals surface area contributed by atoms with Gasteiger partial charge < -0.3 is 5.11 Å². The second kappa shape index (κ2) is 3.62. The molecule has 1 N–H and O–H groups in total. The monoisotopic (exact) mass is 216 g/mol. The third-order valence-electron chi connectivity index (χ3n) is 3.94. The van der Waals surface area contributed by atoms with Gasteiger partial charge in [0.05, 0.1) is 5.92 Å². The summed E-state index contributed by atoms with van der Waals surface area (Å²) in [7, 11) is 0. The molecule has 0 heterocycles. The standard InChI is InChI=1S/C14H16O2/c15-14(16)13-8-12(13)11-7-3-5-9-4-1-2-6-10(9)11/h3,5,7,12-13H,1-2,4,6,8H2,(H,15,16). The Hall–Kier alpha value is -1.31. The van der Waals surface area contributed by atoms with Crippen LogP contribution in [0.2, 0.25) is 0 Å². The summed E-state index contributed by atoms with van der Waals surface area (Å²) in [6, 6.07) is 6.44. The van der Waals surface area contributed by atoms with Crippen molar-refractivity contribution < 1.29 is 9.90 Å². The van der Waals surface area contributed by atoms with E-state index < -0.39 is 5.97 Å². The van der Waals surface area contributed by atoms with Crippen molar-refractivity contribution in [3.05, 3.63) is 34.9 Å². The van der Waals surface area contributed by atoms with Crippen molar-refractivity contribution in [1.82, 2.24) is 0 Å². The van der Waals surface area contributed by atoms with Gasteiger partial charge in [-0.2, -0.15) is 0 Å². The van der Waals surface area contributed by atoms with Gasteiger partial charge in [0, 0.05) is 0 Å². The van der Waals surface area contributed by atoms with Gasteiger partial charge in [-0.25, -0.2) is 0 Å². The van der Waals surface area contributed by atoms with Gasteiger partial charge >= 0.3 is 5.97 Å². The normalized spacial score (nSPS) is 27.2. The van der Waals surface area contributed by atoms with Gasteiger partial charge in [0.15, 0.2) is 0 Å². The van der Waals surface area contributed by atoms with Crippen LogP contribution in [-0.2, 0) is 17.6 Å². The summed E-state index contributed by atoms with van der Waals surface area (Å²) >= 11 is 0. The van der Waals surface area contributed by atoms with Crippen LogP contribution in [0, 0.1) is 5.92 Å². The Labute approximate surface area is 95.3 Å². The molecule has 2 unspecified atom stereocenters. The van der Waals surface area contributed by atoms with E-state index in [1.807, 2.05) is 0 Å². The van der Waals surface area contributed by atoms with Gasteiger partial charge in [-0.3, -0.25) is 4.79 Å². The zero-order chi connectivity index (χ0) is 11.1. The highest BCUT2D eigenvalue weighted by molar-refractivity contribution is 5.75. The number of carboxylic acid groups (broad SMARTS) is 1. The van der Waals surface area contributed by atoms with E-state index in [0.29, 0.717) is 5.92 Å². The smallest absolute Gasteiger partial charge is 0.307 e. The Morgan fingerprint density at radius 1 is 1.25 bits per heavy atom. The molecule has 2 heteroatoms. The molecule has 1 aromatic rings. The van der Waals surface area contributed by atoms with Crippen LogP contribution in [0.25, 0.3) is 0 Å². The number of carbonyl (C=O) groups is 1. The molecule has 3 rings (SSSR count). The van der Waals surface area contributed by atoms with Crippen molar-refractivity contribution in [2.45, 2.75) is 38.0 Å². The van der Waals surface area contributed by atoms with Crippen molar-refractivity contribution >= 4 is 5.97 Å². The average molecular weight is 216 g/mol. The van der Waals surface area contributed by atoms with E-state index in [-0.39, 0.29) is 5.92 Å². The van der Waals surface area contributed by atoms with Crippen molar-refractivity contribution in [1.29, 1.82) is 0 Å². The van der Waals surface area contributed by atoms with E-state index in [9.17, 15) is 4.79 Å². The molecule has 84 valence electrons. The summed E-state index contributed by atoms with van der Waals surface area (Å²) in [5.41, 5.74) is 4.24. The molecule has 2 aliphatic carbocycles. The Kier molecular flexibility index (Phi) is 2.23. The van der Waals surface area contributed by atoms with E-state index in [1.54, 1.807) is 0 Å². The van der Waals surface area contributed by atoms with Crippen LogP contribution in [0.1, 0.15) is 41.9 Å². The molecule has 0 bridgehead atoms. The molecule has 0 saturated heterocycles. The lowest BCUT2D eigenvalue weighted by Gasteiger charge is -2.19. The van der Waals surface area contributed by atoms with Crippen LogP contribution in [-0.4, -0.2) is 11.1 Å². The highest BCUT2D eigenvalue weighted by Gasteiger charge is 2.45. The molecule has 1 aromatic carbocycles. The topological polar surface area (TPSA) is 37.3 Å². The van der Waals surface area contributed by atoms with E-state index >= 15 is 0 Å². The van der Waals surface area contributed by atoms with E-state index in [2.05, 4.69) is 18.2 Å². The first-order valence-electron chi connectivity index (χ1n) is 6.11. The third kappa shape index (κ3) is 1.53. The maximum atomic E-state index is 10.9. The Balaban J connectivity index is 1.93. The lowest BCUT2D eigenvalue weighted by atomic mass is 9.86. The molecule has 16 heavy (non-hydrogen) atoms. The van der Waals surface area contributed by atoms with Crippen LogP contribution < -0.4 is 0 Å². The first-order chi connectivity index (χ1) is 7.77. The van der Waals surface area contributed by atoms with E-state index in [4.69, 9.17) is 5.11 Å². The molecule has 2 aliphatic rings. The van der Waals surface area contributed by atoms with Crippen molar-refractivity contribution in [3.63, 3.8) is 0 Å². The molecule has 0 amide bonds. The quantitative estimate of drug-likeness (QED) is 0.825. The number of hydrogen-bond donors (Lipinski definition) is 1. The first kappa shape index (κ1) is 9.88. The van der Waals surface area contributed by atoms with Crippen LogP contribution in [0.3, 0.4) is 0 Å². The minimum Gasteiger partial charge on any atom is -0.481 e. The fraction of sp³-hybridized carbons (Fsp3) is 0.500. The lowest BCUT2D eigenvalue weighted by Crippen LogP contribution is -2.07. The largest absolute Gasteiger partial charge is 0.481 e. The minimum absolute atomic E-state index is 0.117. The summed E-state index contributed by atoms with van der Waals surface area (Å²) in [6.45, 7) is 0. The Morgan fingerprint density at radius 3 is 2.81 bits per heavy atom. The van der Waals surface area contributed by atoms with Gasteiger partial charge in [-0.1, -0.05) is 18.2 Å². The summed E-state index contributed by atoms with van der Waals surface area (Å²) in [5.74, 6) is -0.447. The Bertz CT molecular complexity index is 436. The summed E-state index contributed by atoms with van der Waals surface area (Å²) in [4.78, 5) is 10.9. The SMILES string of the molecule is O=C(O)C1CC1c1cccc2c1CCCC2. The molecule has 0 aromatic heterocycles. The van der Waals surface area contributed by atoms with Crippen LogP contribution >= 0.6 is 0 Å². The number of fused-ring (bicyclic) bond motifs is 1. The van der Waals surface area contributed by atoms with Gasteiger partial charge in [0.2, 0.25) is 0 Å². The third-order valence-corrected chi connectivity index (χ3v) is 3.94. The predicted octanol–water partition coefficient (Wildman–Crippen LogP) is 2.75. The number of carboxylic acids is 1. The summed E-state index contributed by atoms with van der Waals surface area (Å²) in [6.07, 6.45) is 5.70. The summed E-state index contributed by atoms with van der Waals surface area (Å²) in [5, 5.41) is 8.99. The Morgan fingerprint density at radius 2 is 2.06 bits per heavy atom. The van der Waals surface area contributed by atoms with Crippen LogP contribution in [0.15, 0.2) is 18.2 Å². The molecule has 0 radical (unpaired) electrons. The maximum absolute atomic E-state index is 10.9. The molecule has 0 spiro atoms. The van der Waals surface area contributed by atoms with Crippen molar-refractivity contribution in [2.75, 3.05) is 0 Å². The zero-order valence-corrected chi connectivity index (χ0v) is 9.28. The first-order valence-corrected chi connectivity index (χ1v) is 6.11. The number of rotatable bonds is 2. The maximum Gasteiger partial charge on any atom is 0.307 e. The lowest BCUT2D eigenvalue weighted by molar-refractivity contribution is -0.138.